The lowest BCUT2D eigenvalue weighted by atomic mass is 9.98. The van der Waals surface area contributed by atoms with Gasteiger partial charge in [0.05, 0.1) is 5.56 Å². The average molecular weight is 394 g/mol. The summed E-state index contributed by atoms with van der Waals surface area (Å²) in [5, 5.41) is 15.4. The van der Waals surface area contributed by atoms with Crippen LogP contribution in [0.15, 0.2) is 48.5 Å². The van der Waals surface area contributed by atoms with Crippen molar-refractivity contribution in [3.63, 3.8) is 0 Å². The molecule has 0 radical (unpaired) electrons. The number of thiocarbonyl (C=S) groups is 1. The highest BCUT2D eigenvalue weighted by atomic mass is 32.1. The van der Waals surface area contributed by atoms with Crippen molar-refractivity contribution >= 4 is 23.6 Å². The number of aromatic carboxylic acids is 1. The predicted octanol–water partition coefficient (Wildman–Crippen LogP) is 4.63. The summed E-state index contributed by atoms with van der Waals surface area (Å²) in [5.41, 5.74) is 2.98. The molecular formula is C22H23N3O2S. The maximum Gasteiger partial charge on any atom is 0.336 e. The van der Waals surface area contributed by atoms with Crippen LogP contribution in [0.25, 0.3) is 11.1 Å². The van der Waals surface area contributed by atoms with Gasteiger partial charge >= 0.3 is 5.97 Å². The van der Waals surface area contributed by atoms with E-state index in [1.807, 2.05) is 41.1 Å². The fourth-order valence-corrected chi connectivity index (χ4v) is 3.14. The highest BCUT2D eigenvalue weighted by Crippen LogP contribution is 2.24. The van der Waals surface area contributed by atoms with Crippen LogP contribution in [-0.2, 0) is 13.0 Å². The molecule has 0 spiro atoms. The summed E-state index contributed by atoms with van der Waals surface area (Å²) in [6, 6.07) is 14.9. The van der Waals surface area contributed by atoms with E-state index in [2.05, 4.69) is 23.9 Å². The molecule has 3 rings (SSSR count). The summed E-state index contributed by atoms with van der Waals surface area (Å²) in [6.45, 7) is 5.18. The van der Waals surface area contributed by atoms with Gasteiger partial charge in [-0.3, -0.25) is 0 Å². The molecule has 3 aromatic rings. The number of aryl methyl sites for hydroxylation is 1. The number of carboxylic acids is 1. The van der Waals surface area contributed by atoms with Gasteiger partial charge in [0.25, 0.3) is 0 Å². The SMILES string of the molecule is CC(C)CCn1nc(C=S)nc1Cc1ccc(-c2ccccc2C(=O)O)cc1. The van der Waals surface area contributed by atoms with Gasteiger partial charge < -0.3 is 5.11 Å². The highest BCUT2D eigenvalue weighted by Gasteiger charge is 2.12. The van der Waals surface area contributed by atoms with Crippen molar-refractivity contribution in [3.05, 3.63) is 71.3 Å². The number of hydrogen-bond donors (Lipinski definition) is 1. The molecule has 28 heavy (non-hydrogen) atoms. The molecule has 5 nitrogen and oxygen atoms in total. The summed E-state index contributed by atoms with van der Waals surface area (Å²) in [7, 11) is 0. The van der Waals surface area contributed by atoms with E-state index in [1.165, 1.54) is 5.37 Å². The summed E-state index contributed by atoms with van der Waals surface area (Å²) < 4.78 is 1.94. The van der Waals surface area contributed by atoms with Crippen LogP contribution in [0.4, 0.5) is 0 Å². The quantitative estimate of drug-likeness (QED) is 0.565. The van der Waals surface area contributed by atoms with E-state index in [0.717, 1.165) is 29.9 Å². The molecule has 0 saturated carbocycles. The molecule has 0 saturated heterocycles. The lowest BCUT2D eigenvalue weighted by Crippen LogP contribution is -2.08. The third-order valence-corrected chi connectivity index (χ3v) is 4.78. The number of nitrogens with zero attached hydrogens (tertiary/aromatic N) is 3. The van der Waals surface area contributed by atoms with Gasteiger partial charge in [0.15, 0.2) is 5.82 Å². The maximum atomic E-state index is 11.5. The Kier molecular flexibility index (Phi) is 6.31. The molecule has 0 amide bonds. The number of benzene rings is 2. The first kappa shape index (κ1) is 19.9. The molecule has 0 fully saturated rings. The van der Waals surface area contributed by atoms with Gasteiger partial charge in [-0.15, -0.1) is 0 Å². The minimum absolute atomic E-state index is 0.300. The normalized spacial score (nSPS) is 11.0. The van der Waals surface area contributed by atoms with Crippen molar-refractivity contribution in [1.82, 2.24) is 14.8 Å². The monoisotopic (exact) mass is 393 g/mol. The van der Waals surface area contributed by atoms with Crippen molar-refractivity contribution < 1.29 is 9.90 Å². The summed E-state index contributed by atoms with van der Waals surface area (Å²) in [6.07, 6.45) is 1.67. The predicted molar refractivity (Wildman–Crippen MR) is 114 cm³/mol. The molecule has 0 atom stereocenters. The van der Waals surface area contributed by atoms with Gasteiger partial charge in [0.2, 0.25) is 0 Å². The number of hydrogen-bond acceptors (Lipinski definition) is 4. The molecule has 0 aliphatic rings. The second kappa shape index (κ2) is 8.89. The zero-order chi connectivity index (χ0) is 20.1. The Morgan fingerprint density at radius 2 is 1.89 bits per heavy atom. The Labute approximate surface area is 170 Å². The fourth-order valence-electron chi connectivity index (χ4n) is 3.04. The Morgan fingerprint density at radius 3 is 2.54 bits per heavy atom. The number of rotatable bonds is 8. The van der Waals surface area contributed by atoms with Crippen molar-refractivity contribution in [1.29, 1.82) is 0 Å². The molecule has 0 aliphatic carbocycles. The van der Waals surface area contributed by atoms with Gasteiger partial charge in [0, 0.05) is 18.3 Å². The molecule has 144 valence electrons. The fraction of sp³-hybridized carbons (Fsp3) is 0.273. The van der Waals surface area contributed by atoms with Crippen LogP contribution in [0.3, 0.4) is 0 Å². The van der Waals surface area contributed by atoms with Gasteiger partial charge in [-0.25, -0.2) is 14.5 Å². The summed E-state index contributed by atoms with van der Waals surface area (Å²) >= 11 is 4.98. The third-order valence-electron chi connectivity index (χ3n) is 4.57. The average Bonchev–Trinajstić information content (AvgIpc) is 3.09. The molecule has 1 heterocycles. The van der Waals surface area contributed by atoms with Crippen LogP contribution in [0, 0.1) is 5.92 Å². The molecule has 0 bridgehead atoms. The first-order chi connectivity index (χ1) is 13.5. The van der Waals surface area contributed by atoms with Crippen molar-refractivity contribution in [2.45, 2.75) is 33.2 Å². The number of carbonyl (C=O) groups is 1. The summed E-state index contributed by atoms with van der Waals surface area (Å²) in [4.78, 5) is 16.0. The zero-order valence-corrected chi connectivity index (χ0v) is 16.8. The minimum Gasteiger partial charge on any atom is -0.478 e. The Hall–Kier alpha value is -2.86. The first-order valence-electron chi connectivity index (χ1n) is 9.28. The van der Waals surface area contributed by atoms with Crippen LogP contribution < -0.4 is 0 Å². The van der Waals surface area contributed by atoms with Crippen molar-refractivity contribution in [3.8, 4) is 11.1 Å². The van der Waals surface area contributed by atoms with E-state index >= 15 is 0 Å². The molecular weight excluding hydrogens is 370 g/mol. The molecule has 0 unspecified atom stereocenters. The zero-order valence-electron chi connectivity index (χ0n) is 16.0. The molecule has 1 aromatic heterocycles. The van der Waals surface area contributed by atoms with E-state index in [4.69, 9.17) is 12.2 Å². The standard InChI is InChI=1S/C22H23N3O2S/c1-15(2)11-12-25-21(23-20(14-28)24-25)13-16-7-9-17(10-8-16)18-5-3-4-6-19(18)22(26)27/h3-10,14-15H,11-13H2,1-2H3,(H,26,27). The number of carboxylic acid groups (broad SMARTS) is 1. The second-order valence-electron chi connectivity index (χ2n) is 7.13. The van der Waals surface area contributed by atoms with E-state index in [-0.39, 0.29) is 0 Å². The van der Waals surface area contributed by atoms with Crippen LogP contribution in [0.1, 0.15) is 47.8 Å². The van der Waals surface area contributed by atoms with E-state index in [1.54, 1.807) is 12.1 Å². The molecule has 2 aromatic carbocycles. The van der Waals surface area contributed by atoms with Crippen LogP contribution in [-0.4, -0.2) is 31.2 Å². The van der Waals surface area contributed by atoms with Gasteiger partial charge in [-0.05, 0) is 35.1 Å². The minimum atomic E-state index is -0.925. The van der Waals surface area contributed by atoms with Gasteiger partial charge in [-0.2, -0.15) is 5.10 Å². The van der Waals surface area contributed by atoms with Crippen molar-refractivity contribution in [2.24, 2.45) is 5.92 Å². The van der Waals surface area contributed by atoms with Crippen LogP contribution in [0.5, 0.6) is 0 Å². The third kappa shape index (κ3) is 4.70. The largest absolute Gasteiger partial charge is 0.478 e. The molecule has 1 N–H and O–H groups in total. The topological polar surface area (TPSA) is 68.0 Å². The van der Waals surface area contributed by atoms with E-state index < -0.39 is 5.97 Å². The van der Waals surface area contributed by atoms with Gasteiger partial charge in [0.1, 0.15) is 5.82 Å². The Morgan fingerprint density at radius 1 is 1.18 bits per heavy atom. The van der Waals surface area contributed by atoms with Crippen molar-refractivity contribution in [2.75, 3.05) is 0 Å². The Balaban J connectivity index is 1.83. The summed E-state index contributed by atoms with van der Waals surface area (Å²) in [5.74, 6) is 1.11. The van der Waals surface area contributed by atoms with Crippen LogP contribution in [0.2, 0.25) is 0 Å². The number of aromatic nitrogens is 3. The first-order valence-corrected chi connectivity index (χ1v) is 9.75. The lowest BCUT2D eigenvalue weighted by Gasteiger charge is -2.09. The maximum absolute atomic E-state index is 11.5. The van der Waals surface area contributed by atoms with E-state index in [0.29, 0.717) is 29.3 Å². The highest BCUT2D eigenvalue weighted by molar-refractivity contribution is 7.79. The molecule has 6 heteroatoms. The van der Waals surface area contributed by atoms with Gasteiger partial charge in [-0.1, -0.05) is 68.5 Å². The Bertz CT molecular complexity index is 978. The lowest BCUT2D eigenvalue weighted by molar-refractivity contribution is 0.0697. The molecule has 0 aliphatic heterocycles. The second-order valence-corrected chi connectivity index (χ2v) is 7.37. The van der Waals surface area contributed by atoms with E-state index in [9.17, 15) is 9.90 Å². The smallest absolute Gasteiger partial charge is 0.336 e. The van der Waals surface area contributed by atoms with Crippen LogP contribution >= 0.6 is 12.2 Å².